The van der Waals surface area contributed by atoms with Crippen LogP contribution in [0.1, 0.15) is 17.0 Å². The van der Waals surface area contributed by atoms with Gasteiger partial charge in [-0.2, -0.15) is 0 Å². The number of rotatable bonds is 10. The van der Waals surface area contributed by atoms with Crippen molar-refractivity contribution in [1.82, 2.24) is 19.5 Å². The van der Waals surface area contributed by atoms with Crippen molar-refractivity contribution in [1.29, 1.82) is 0 Å². The number of nitrogens with zero attached hydrogens (tertiary/aromatic N) is 4. The Balaban J connectivity index is 1.04. The van der Waals surface area contributed by atoms with Crippen LogP contribution in [0.3, 0.4) is 0 Å². The van der Waals surface area contributed by atoms with Gasteiger partial charge < -0.3 is 8.98 Å². The topological polar surface area (TPSA) is 56.7 Å². The maximum Gasteiger partial charge on any atom is 0.164 e. The molecule has 5 nitrogen and oxygen atoms in total. The van der Waals surface area contributed by atoms with Crippen molar-refractivity contribution in [3.05, 3.63) is 272 Å². The molecule has 0 aliphatic rings. The van der Waals surface area contributed by atoms with Gasteiger partial charge in [-0.05, 0) is 75.9 Å². The summed E-state index contributed by atoms with van der Waals surface area (Å²) in [6.45, 7) is 4.80. The van der Waals surface area contributed by atoms with Crippen molar-refractivity contribution >= 4 is 98.2 Å². The highest BCUT2D eigenvalue weighted by molar-refractivity contribution is 7.27. The number of hydrogen-bond donors (Lipinski definition) is 0. The third-order valence-electron chi connectivity index (χ3n) is 14.2. The van der Waals surface area contributed by atoms with Crippen molar-refractivity contribution < 1.29 is 4.42 Å². The van der Waals surface area contributed by atoms with E-state index in [4.69, 9.17) is 25.9 Å². The van der Waals surface area contributed by atoms with Crippen LogP contribution < -0.4 is 0 Å². The van der Waals surface area contributed by atoms with Crippen LogP contribution in [0.5, 0.6) is 0 Å². The fourth-order valence-electron chi connectivity index (χ4n) is 10.6. The van der Waals surface area contributed by atoms with Gasteiger partial charge in [-0.15, -0.1) is 11.3 Å². The van der Waals surface area contributed by atoms with Gasteiger partial charge >= 0.3 is 0 Å². The SMILES string of the molecule is C=C(C=C(/C(=C/c1ccc(-c2ccccc2)cc1)n1c2ccccc2c2c3sc4c(ccc5oc6ccccc6c54)c3ccc21)c1ccc(-c2ccccc2)cc1)c1nc(-c2ccccc2)nc(-c2ccccc2)n1. The summed E-state index contributed by atoms with van der Waals surface area (Å²) in [5.74, 6) is 1.64. The molecule has 0 N–H and O–H groups in total. The lowest BCUT2D eigenvalue weighted by molar-refractivity contribution is 0.669. The summed E-state index contributed by atoms with van der Waals surface area (Å²) >= 11 is 1.85. The molecule has 0 aliphatic heterocycles. The molecule has 0 radical (unpaired) electrons. The molecule has 0 unspecified atom stereocenters. The first kappa shape index (κ1) is 44.0. The molecule has 0 bridgehead atoms. The fourth-order valence-corrected chi connectivity index (χ4v) is 12.0. The molecule has 0 spiro atoms. The second kappa shape index (κ2) is 18.4. The molecule has 10 aromatic carbocycles. The van der Waals surface area contributed by atoms with Gasteiger partial charge in [-0.25, -0.2) is 15.0 Å². The van der Waals surface area contributed by atoms with Gasteiger partial charge in [0.1, 0.15) is 11.2 Å². The number of aromatic nitrogens is 4. The number of furan rings is 1. The van der Waals surface area contributed by atoms with Gasteiger partial charge in [0.25, 0.3) is 0 Å². The van der Waals surface area contributed by atoms with Crippen LogP contribution in [0.15, 0.2) is 260 Å². The normalized spacial score (nSPS) is 12.2. The molecule has 4 aromatic heterocycles. The number of benzene rings is 10. The van der Waals surface area contributed by atoms with E-state index in [2.05, 4.69) is 193 Å². The quantitative estimate of drug-likeness (QED) is 0.128. The Hall–Kier alpha value is -9.75. The first-order valence-electron chi connectivity index (χ1n) is 25.1. The fraction of sp³-hybridized carbons (Fsp3) is 0. The van der Waals surface area contributed by atoms with Gasteiger partial charge in [0.05, 0.1) is 16.7 Å². The second-order valence-electron chi connectivity index (χ2n) is 18.8. The zero-order chi connectivity index (χ0) is 49.8. The molecule has 75 heavy (non-hydrogen) atoms. The van der Waals surface area contributed by atoms with E-state index in [0.717, 1.165) is 83.2 Å². The summed E-state index contributed by atoms with van der Waals surface area (Å²) in [4.78, 5) is 15.4. The summed E-state index contributed by atoms with van der Waals surface area (Å²) in [6.07, 6.45) is 4.49. The number of fused-ring (bicyclic) bond motifs is 11. The lowest BCUT2D eigenvalue weighted by atomic mass is 9.95. The van der Waals surface area contributed by atoms with E-state index in [0.29, 0.717) is 23.0 Å². The van der Waals surface area contributed by atoms with Crippen molar-refractivity contribution in [3.63, 3.8) is 0 Å². The van der Waals surface area contributed by atoms with Crippen molar-refractivity contribution in [2.75, 3.05) is 0 Å². The lowest BCUT2D eigenvalue weighted by Crippen LogP contribution is -2.04. The molecular formula is C69H44N4OS. The molecule has 0 fully saturated rings. The van der Waals surface area contributed by atoms with Crippen LogP contribution in [-0.4, -0.2) is 19.5 Å². The first-order chi connectivity index (χ1) is 37.1. The van der Waals surface area contributed by atoms with Crippen LogP contribution in [0.25, 0.3) is 132 Å². The molecule has 14 aromatic rings. The standard InChI is InChI=1S/C69H44N4OS/c1-44(67-70-68(51-22-10-4-11-23-51)72-69(71-67)52-24-12-5-13-25-52)42-57(50-36-34-49(35-37-50)47-20-8-3-9-21-47)60(43-45-30-32-48(33-31-45)46-18-6-2-7-19-46)73-58-28-16-14-26-55(58)63-59(73)40-38-53-54-39-41-62-64(66(54)75-65(53)63)56-27-15-17-29-61(56)74-62/h2-43H,1H2/b57-42?,60-43-. The van der Waals surface area contributed by atoms with E-state index >= 15 is 0 Å². The third kappa shape index (κ3) is 7.84. The average Bonchev–Trinajstić information content (AvgIpc) is 4.25. The maximum atomic E-state index is 6.43. The first-order valence-corrected chi connectivity index (χ1v) is 25.9. The average molecular weight is 977 g/mol. The van der Waals surface area contributed by atoms with Crippen molar-refractivity contribution in [3.8, 4) is 45.0 Å². The Morgan fingerprint density at radius 2 is 0.920 bits per heavy atom. The Kier molecular flexibility index (Phi) is 10.8. The summed E-state index contributed by atoms with van der Waals surface area (Å²) in [6, 6.07) is 85.1. The minimum Gasteiger partial charge on any atom is -0.456 e. The molecule has 0 aliphatic carbocycles. The number of allylic oxidation sites excluding steroid dienone is 4. The van der Waals surface area contributed by atoms with Gasteiger partial charge in [0.2, 0.25) is 0 Å². The Morgan fingerprint density at radius 3 is 1.55 bits per heavy atom. The monoisotopic (exact) mass is 976 g/mol. The predicted molar refractivity (Wildman–Crippen MR) is 315 cm³/mol. The largest absolute Gasteiger partial charge is 0.456 e. The summed E-state index contributed by atoms with van der Waals surface area (Å²) in [5.41, 5.74) is 14.9. The Bertz CT molecular complexity index is 4490. The van der Waals surface area contributed by atoms with Crippen LogP contribution in [0, 0.1) is 0 Å². The van der Waals surface area contributed by atoms with Crippen LogP contribution in [0.4, 0.5) is 0 Å². The smallest absolute Gasteiger partial charge is 0.164 e. The summed E-state index contributed by atoms with van der Waals surface area (Å²) in [7, 11) is 0. The predicted octanol–water partition coefficient (Wildman–Crippen LogP) is 18.7. The van der Waals surface area contributed by atoms with E-state index in [1.165, 1.54) is 36.5 Å². The molecule has 352 valence electrons. The van der Waals surface area contributed by atoms with Crippen LogP contribution >= 0.6 is 11.3 Å². The molecule has 0 atom stereocenters. The molecular weight excluding hydrogens is 933 g/mol. The zero-order valence-electron chi connectivity index (χ0n) is 40.6. The molecule has 0 saturated heterocycles. The van der Waals surface area contributed by atoms with Crippen LogP contribution in [0.2, 0.25) is 0 Å². The molecule has 0 amide bonds. The van der Waals surface area contributed by atoms with E-state index in [9.17, 15) is 0 Å². The van der Waals surface area contributed by atoms with Gasteiger partial charge in [0.15, 0.2) is 17.5 Å². The van der Waals surface area contributed by atoms with Crippen molar-refractivity contribution in [2.24, 2.45) is 0 Å². The minimum absolute atomic E-state index is 0.486. The Labute approximate surface area is 437 Å². The minimum atomic E-state index is 0.486. The van der Waals surface area contributed by atoms with Gasteiger partial charge in [0, 0.05) is 64.0 Å². The molecule has 14 rings (SSSR count). The van der Waals surface area contributed by atoms with E-state index in [-0.39, 0.29) is 0 Å². The highest BCUT2D eigenvalue weighted by Crippen LogP contribution is 2.48. The molecule has 0 saturated carbocycles. The highest BCUT2D eigenvalue weighted by atomic mass is 32.1. The summed E-state index contributed by atoms with van der Waals surface area (Å²) < 4.78 is 11.3. The van der Waals surface area contributed by atoms with Crippen LogP contribution in [-0.2, 0) is 0 Å². The Morgan fingerprint density at radius 1 is 0.413 bits per heavy atom. The van der Waals surface area contributed by atoms with E-state index in [1.54, 1.807) is 0 Å². The van der Waals surface area contributed by atoms with Crippen molar-refractivity contribution in [2.45, 2.75) is 0 Å². The van der Waals surface area contributed by atoms with Gasteiger partial charge in [-0.1, -0.05) is 219 Å². The number of hydrogen-bond acceptors (Lipinski definition) is 5. The van der Waals surface area contributed by atoms with Gasteiger partial charge in [-0.3, -0.25) is 0 Å². The third-order valence-corrected chi connectivity index (χ3v) is 15.5. The second-order valence-corrected chi connectivity index (χ2v) is 19.8. The maximum absolute atomic E-state index is 6.43. The highest BCUT2D eigenvalue weighted by Gasteiger charge is 2.24. The summed E-state index contributed by atoms with van der Waals surface area (Å²) in [5, 5.41) is 7.10. The number of para-hydroxylation sites is 2. The van der Waals surface area contributed by atoms with E-state index < -0.39 is 0 Å². The zero-order valence-corrected chi connectivity index (χ0v) is 41.4. The van der Waals surface area contributed by atoms with E-state index in [1.807, 2.05) is 78.1 Å². The lowest BCUT2D eigenvalue weighted by Gasteiger charge is -2.19. The molecule has 6 heteroatoms. The molecule has 4 heterocycles. The number of thiophene rings is 1.